The molecule has 2 aromatic rings. The van der Waals surface area contributed by atoms with Gasteiger partial charge in [0.15, 0.2) is 13.2 Å². The Hall–Kier alpha value is -1.97. The minimum Gasteiger partial charge on any atom is -0.508 e. The smallest absolute Gasteiger partial charge is 0.195 e. The number of aromatic hydroxyl groups is 1. The highest BCUT2D eigenvalue weighted by Crippen LogP contribution is 2.23. The molecule has 0 atom stereocenters. The third-order valence-corrected chi connectivity index (χ3v) is 2.47. The molecule has 3 N–H and O–H groups in total. The van der Waals surface area contributed by atoms with Gasteiger partial charge < -0.3 is 10.8 Å². The molecule has 0 unspecified atom stereocenters. The predicted molar refractivity (Wildman–Crippen MR) is 57.2 cm³/mol. The molecule has 4 heteroatoms. The van der Waals surface area contributed by atoms with Crippen LogP contribution in [-0.2, 0) is 13.6 Å². The Labute approximate surface area is 88.2 Å². The summed E-state index contributed by atoms with van der Waals surface area (Å²) in [6.45, 7) is 0.571. The molecule has 4 nitrogen and oxygen atoms in total. The van der Waals surface area contributed by atoms with Crippen molar-refractivity contribution >= 4 is 5.69 Å². The molecule has 0 aliphatic carbocycles. The first-order valence-electron chi connectivity index (χ1n) is 4.76. The molecule has 1 heterocycles. The van der Waals surface area contributed by atoms with Gasteiger partial charge in [0.05, 0.1) is 6.20 Å². The quantitative estimate of drug-likeness (QED) is 0.557. The van der Waals surface area contributed by atoms with Crippen molar-refractivity contribution in [1.82, 2.24) is 4.68 Å². The standard InChI is InChI=1S/C11H13N3O/c1-13-6-3-7-14(13)8-9-10(12)4-2-5-11(9)15/h2-7H,8,12H2,1H3/p+1. The van der Waals surface area contributed by atoms with Crippen LogP contribution in [-0.4, -0.2) is 9.79 Å². The van der Waals surface area contributed by atoms with E-state index in [1.807, 2.05) is 34.9 Å². The molecule has 0 radical (unpaired) electrons. The Morgan fingerprint density at radius 2 is 2.20 bits per heavy atom. The minimum atomic E-state index is 0.240. The molecule has 0 saturated heterocycles. The second-order valence-corrected chi connectivity index (χ2v) is 3.51. The van der Waals surface area contributed by atoms with Crippen LogP contribution in [0.15, 0.2) is 36.7 Å². The zero-order valence-electron chi connectivity index (χ0n) is 8.59. The van der Waals surface area contributed by atoms with Crippen LogP contribution in [0.4, 0.5) is 5.69 Å². The first kappa shape index (κ1) is 9.58. The van der Waals surface area contributed by atoms with E-state index in [1.54, 1.807) is 18.2 Å². The van der Waals surface area contributed by atoms with Gasteiger partial charge in [0.1, 0.15) is 12.3 Å². The van der Waals surface area contributed by atoms with Gasteiger partial charge in [-0.05, 0) is 12.1 Å². The molecule has 1 aromatic heterocycles. The first-order chi connectivity index (χ1) is 7.18. The Bertz CT molecular complexity index is 456. The van der Waals surface area contributed by atoms with E-state index in [-0.39, 0.29) is 5.75 Å². The zero-order chi connectivity index (χ0) is 10.8. The highest BCUT2D eigenvalue weighted by atomic mass is 16.3. The van der Waals surface area contributed by atoms with E-state index < -0.39 is 0 Å². The van der Waals surface area contributed by atoms with Gasteiger partial charge in [0.25, 0.3) is 0 Å². The van der Waals surface area contributed by atoms with Crippen molar-refractivity contribution in [2.75, 3.05) is 5.73 Å². The van der Waals surface area contributed by atoms with E-state index in [0.29, 0.717) is 12.2 Å². The molecule has 15 heavy (non-hydrogen) atoms. The number of nitrogens with zero attached hydrogens (tertiary/aromatic N) is 2. The number of nitrogens with two attached hydrogens (primary N) is 1. The van der Waals surface area contributed by atoms with Crippen LogP contribution in [0.25, 0.3) is 0 Å². The Kier molecular flexibility index (Phi) is 2.33. The van der Waals surface area contributed by atoms with E-state index in [1.165, 1.54) is 0 Å². The maximum atomic E-state index is 9.68. The van der Waals surface area contributed by atoms with Crippen LogP contribution in [0.5, 0.6) is 5.75 Å². The van der Waals surface area contributed by atoms with Crippen molar-refractivity contribution in [3.05, 3.63) is 42.2 Å². The summed E-state index contributed by atoms with van der Waals surface area (Å²) in [4.78, 5) is 0. The largest absolute Gasteiger partial charge is 0.508 e. The van der Waals surface area contributed by atoms with Crippen LogP contribution >= 0.6 is 0 Å². The summed E-state index contributed by atoms with van der Waals surface area (Å²) in [5.74, 6) is 0.240. The Morgan fingerprint density at radius 3 is 2.80 bits per heavy atom. The molecule has 0 bridgehead atoms. The van der Waals surface area contributed by atoms with Crippen LogP contribution in [0.3, 0.4) is 0 Å². The van der Waals surface area contributed by atoms with Gasteiger partial charge >= 0.3 is 0 Å². The number of hydrogen-bond donors (Lipinski definition) is 2. The molecule has 1 aromatic carbocycles. The number of benzene rings is 1. The molecule has 0 amide bonds. The second kappa shape index (κ2) is 3.65. The Balaban J connectivity index is 2.36. The summed E-state index contributed by atoms with van der Waals surface area (Å²) in [5.41, 5.74) is 7.17. The molecular weight excluding hydrogens is 190 g/mol. The molecule has 78 valence electrons. The van der Waals surface area contributed by atoms with Gasteiger partial charge in [-0.25, -0.2) is 0 Å². The molecular formula is C11H14N3O+. The van der Waals surface area contributed by atoms with Crippen molar-refractivity contribution in [2.45, 2.75) is 6.54 Å². The molecule has 2 rings (SSSR count). The topological polar surface area (TPSA) is 55.1 Å². The monoisotopic (exact) mass is 204 g/mol. The van der Waals surface area contributed by atoms with Gasteiger partial charge in [0.2, 0.25) is 0 Å². The van der Waals surface area contributed by atoms with Crippen molar-refractivity contribution in [3.8, 4) is 5.75 Å². The second-order valence-electron chi connectivity index (χ2n) is 3.51. The average Bonchev–Trinajstić information content (AvgIpc) is 2.58. The molecule has 0 fully saturated rings. The Morgan fingerprint density at radius 1 is 1.40 bits per heavy atom. The van der Waals surface area contributed by atoms with Gasteiger partial charge in [-0.3, -0.25) is 0 Å². The number of phenolic OH excluding ortho intramolecular Hbond substituents is 1. The van der Waals surface area contributed by atoms with Gasteiger partial charge in [-0.2, -0.15) is 4.68 Å². The number of phenols is 1. The van der Waals surface area contributed by atoms with Gasteiger partial charge in [-0.1, -0.05) is 6.07 Å². The van der Waals surface area contributed by atoms with Crippen molar-refractivity contribution in [1.29, 1.82) is 0 Å². The highest BCUT2D eigenvalue weighted by Gasteiger charge is 2.09. The fraction of sp³-hybridized carbons (Fsp3) is 0.182. The van der Waals surface area contributed by atoms with E-state index >= 15 is 0 Å². The number of aryl methyl sites for hydroxylation is 1. The fourth-order valence-corrected chi connectivity index (χ4v) is 1.54. The van der Waals surface area contributed by atoms with E-state index in [0.717, 1.165) is 5.56 Å². The molecule has 0 aliphatic heterocycles. The van der Waals surface area contributed by atoms with Crippen molar-refractivity contribution in [3.63, 3.8) is 0 Å². The third kappa shape index (κ3) is 1.79. The first-order valence-corrected chi connectivity index (χ1v) is 4.76. The molecule has 0 saturated carbocycles. The lowest BCUT2D eigenvalue weighted by Gasteiger charge is -2.06. The summed E-state index contributed by atoms with van der Waals surface area (Å²) < 4.78 is 3.90. The lowest BCUT2D eigenvalue weighted by Crippen LogP contribution is -2.38. The molecule has 0 aliphatic rings. The molecule has 0 spiro atoms. The predicted octanol–water partition coefficient (Wildman–Crippen LogP) is 0.649. The number of aromatic nitrogens is 2. The summed E-state index contributed by atoms with van der Waals surface area (Å²) in [6.07, 6.45) is 3.88. The number of anilines is 1. The summed E-state index contributed by atoms with van der Waals surface area (Å²) in [5, 5.41) is 9.68. The van der Waals surface area contributed by atoms with E-state index in [9.17, 15) is 5.11 Å². The lowest BCUT2D eigenvalue weighted by atomic mass is 10.1. The summed E-state index contributed by atoms with van der Waals surface area (Å²) in [7, 11) is 1.94. The van der Waals surface area contributed by atoms with Crippen molar-refractivity contribution in [2.24, 2.45) is 7.05 Å². The van der Waals surface area contributed by atoms with Gasteiger partial charge in [0, 0.05) is 17.3 Å². The van der Waals surface area contributed by atoms with Gasteiger partial charge in [-0.15, -0.1) is 4.68 Å². The number of rotatable bonds is 2. The SMILES string of the molecule is C[n+]1cccn1Cc1c(N)cccc1O. The maximum Gasteiger partial charge on any atom is 0.195 e. The maximum absolute atomic E-state index is 9.68. The normalized spacial score (nSPS) is 10.5. The number of hydrogen-bond acceptors (Lipinski definition) is 2. The fourth-order valence-electron chi connectivity index (χ4n) is 1.54. The zero-order valence-corrected chi connectivity index (χ0v) is 8.59. The van der Waals surface area contributed by atoms with Crippen LogP contribution in [0, 0.1) is 0 Å². The van der Waals surface area contributed by atoms with Crippen LogP contribution < -0.4 is 10.4 Å². The summed E-state index contributed by atoms with van der Waals surface area (Å²) in [6, 6.07) is 7.12. The van der Waals surface area contributed by atoms with Crippen LogP contribution in [0.2, 0.25) is 0 Å². The average molecular weight is 204 g/mol. The van der Waals surface area contributed by atoms with E-state index in [2.05, 4.69) is 0 Å². The minimum absolute atomic E-state index is 0.240. The van der Waals surface area contributed by atoms with Crippen molar-refractivity contribution < 1.29 is 9.79 Å². The number of nitrogen functional groups attached to an aromatic ring is 1. The van der Waals surface area contributed by atoms with E-state index in [4.69, 9.17) is 5.73 Å². The summed E-state index contributed by atoms with van der Waals surface area (Å²) >= 11 is 0. The lowest BCUT2D eigenvalue weighted by molar-refractivity contribution is -0.752. The highest BCUT2D eigenvalue weighted by molar-refractivity contribution is 5.53. The third-order valence-electron chi connectivity index (χ3n) is 2.47. The van der Waals surface area contributed by atoms with Crippen LogP contribution in [0.1, 0.15) is 5.56 Å².